The summed E-state index contributed by atoms with van der Waals surface area (Å²) < 4.78 is 7.50. The van der Waals surface area contributed by atoms with Crippen LogP contribution in [-0.4, -0.2) is 19.7 Å². The van der Waals surface area contributed by atoms with Gasteiger partial charge in [-0.25, -0.2) is 4.98 Å². The number of benzene rings is 1. The van der Waals surface area contributed by atoms with Gasteiger partial charge in [-0.1, -0.05) is 34.9 Å². The largest absolute Gasteiger partial charge is 0.339 e. The Hall–Kier alpha value is -2.02. The zero-order valence-electron chi connectivity index (χ0n) is 11.6. The van der Waals surface area contributed by atoms with E-state index < -0.39 is 0 Å². The van der Waals surface area contributed by atoms with Gasteiger partial charge < -0.3 is 4.52 Å². The predicted octanol–water partition coefficient (Wildman–Crippen LogP) is 2.71. The van der Waals surface area contributed by atoms with Crippen molar-refractivity contribution in [3.63, 3.8) is 0 Å². The van der Waals surface area contributed by atoms with E-state index in [1.807, 2.05) is 26.0 Å². The van der Waals surface area contributed by atoms with Crippen LogP contribution in [0.15, 0.2) is 38.3 Å². The van der Waals surface area contributed by atoms with E-state index >= 15 is 0 Å². The van der Waals surface area contributed by atoms with E-state index in [0.29, 0.717) is 22.6 Å². The highest BCUT2D eigenvalue weighted by Crippen LogP contribution is 2.15. The Morgan fingerprint density at radius 3 is 2.90 bits per heavy atom. The van der Waals surface area contributed by atoms with Crippen LogP contribution in [0.3, 0.4) is 0 Å². The lowest BCUT2D eigenvalue weighted by atomic mass is 10.2. The summed E-state index contributed by atoms with van der Waals surface area (Å²) in [5.41, 5.74) is 0.532. The van der Waals surface area contributed by atoms with Crippen molar-refractivity contribution in [3.05, 3.63) is 51.1 Å². The van der Waals surface area contributed by atoms with Gasteiger partial charge in [0.15, 0.2) is 5.82 Å². The number of hydrogen-bond donors (Lipinski definition) is 0. The van der Waals surface area contributed by atoms with E-state index in [1.54, 1.807) is 6.07 Å². The first-order valence-corrected chi connectivity index (χ1v) is 7.31. The molecule has 7 heteroatoms. The molecule has 2 heterocycles. The molecule has 0 saturated heterocycles. The van der Waals surface area contributed by atoms with Crippen LogP contribution in [0.1, 0.15) is 31.5 Å². The molecule has 0 bridgehead atoms. The molecule has 0 N–H and O–H groups in total. The molecular formula is C14H13BrN4O2. The van der Waals surface area contributed by atoms with Gasteiger partial charge in [-0.05, 0) is 18.2 Å². The summed E-state index contributed by atoms with van der Waals surface area (Å²) in [4.78, 5) is 21.0. The second-order valence-electron chi connectivity index (χ2n) is 5.04. The Balaban J connectivity index is 1.99. The maximum absolute atomic E-state index is 12.4. The SMILES string of the molecule is CC(C)c1nc(Cn2cnc3cc(Br)ccc3c2=O)no1. The monoisotopic (exact) mass is 348 g/mol. The molecule has 0 unspecified atom stereocenters. The molecule has 0 fully saturated rings. The fourth-order valence-corrected chi connectivity index (χ4v) is 2.31. The maximum atomic E-state index is 12.4. The Labute approximate surface area is 128 Å². The Morgan fingerprint density at radius 2 is 2.19 bits per heavy atom. The lowest BCUT2D eigenvalue weighted by Gasteiger charge is -2.04. The summed E-state index contributed by atoms with van der Waals surface area (Å²) in [5.74, 6) is 1.20. The van der Waals surface area contributed by atoms with Crippen molar-refractivity contribution in [1.82, 2.24) is 19.7 Å². The normalized spacial score (nSPS) is 11.4. The predicted molar refractivity (Wildman–Crippen MR) is 81.2 cm³/mol. The number of halogens is 1. The molecule has 6 nitrogen and oxygen atoms in total. The first-order valence-electron chi connectivity index (χ1n) is 6.52. The van der Waals surface area contributed by atoms with Crippen LogP contribution < -0.4 is 5.56 Å². The van der Waals surface area contributed by atoms with Gasteiger partial charge in [-0.3, -0.25) is 9.36 Å². The third-order valence-electron chi connectivity index (χ3n) is 3.08. The molecule has 3 rings (SSSR count). The van der Waals surface area contributed by atoms with Gasteiger partial charge in [-0.2, -0.15) is 4.98 Å². The Morgan fingerprint density at radius 1 is 1.38 bits per heavy atom. The van der Waals surface area contributed by atoms with Gasteiger partial charge in [0.2, 0.25) is 5.89 Å². The third kappa shape index (κ3) is 2.73. The summed E-state index contributed by atoms with van der Waals surface area (Å²) >= 11 is 3.36. The van der Waals surface area contributed by atoms with Crippen molar-refractivity contribution in [2.24, 2.45) is 0 Å². The van der Waals surface area contributed by atoms with Gasteiger partial charge in [0.05, 0.1) is 23.8 Å². The summed E-state index contributed by atoms with van der Waals surface area (Å²) in [7, 11) is 0. The van der Waals surface area contributed by atoms with Gasteiger partial charge in [0.1, 0.15) is 0 Å². The van der Waals surface area contributed by atoms with Crippen molar-refractivity contribution in [2.75, 3.05) is 0 Å². The van der Waals surface area contributed by atoms with Crippen LogP contribution in [0.25, 0.3) is 10.9 Å². The van der Waals surface area contributed by atoms with Crippen molar-refractivity contribution in [2.45, 2.75) is 26.3 Å². The number of aromatic nitrogens is 4. The number of fused-ring (bicyclic) bond motifs is 1. The second kappa shape index (κ2) is 5.40. The highest BCUT2D eigenvalue weighted by molar-refractivity contribution is 9.10. The fourth-order valence-electron chi connectivity index (χ4n) is 1.96. The zero-order chi connectivity index (χ0) is 15.0. The molecule has 1 aromatic carbocycles. The van der Waals surface area contributed by atoms with Crippen LogP contribution >= 0.6 is 15.9 Å². The minimum atomic E-state index is -0.122. The molecule has 3 aromatic rings. The van der Waals surface area contributed by atoms with Crippen molar-refractivity contribution in [3.8, 4) is 0 Å². The summed E-state index contributed by atoms with van der Waals surface area (Å²) in [6.45, 7) is 4.19. The molecule has 0 aliphatic rings. The highest BCUT2D eigenvalue weighted by Gasteiger charge is 2.12. The minimum absolute atomic E-state index is 0.122. The van der Waals surface area contributed by atoms with Crippen LogP contribution in [0.4, 0.5) is 0 Å². The van der Waals surface area contributed by atoms with Crippen molar-refractivity contribution >= 4 is 26.8 Å². The lowest BCUT2D eigenvalue weighted by molar-refractivity contribution is 0.359. The highest BCUT2D eigenvalue weighted by atomic mass is 79.9. The maximum Gasteiger partial charge on any atom is 0.261 e. The van der Waals surface area contributed by atoms with E-state index in [1.165, 1.54) is 10.9 Å². The Bertz CT molecular complexity index is 854. The van der Waals surface area contributed by atoms with Crippen LogP contribution in [0.5, 0.6) is 0 Å². The van der Waals surface area contributed by atoms with E-state index in [4.69, 9.17) is 4.52 Å². The summed E-state index contributed by atoms with van der Waals surface area (Å²) in [6.07, 6.45) is 1.50. The van der Waals surface area contributed by atoms with Gasteiger partial charge in [0.25, 0.3) is 5.56 Å². The van der Waals surface area contributed by atoms with E-state index in [0.717, 1.165) is 4.47 Å². The number of hydrogen-bond acceptors (Lipinski definition) is 5. The van der Waals surface area contributed by atoms with E-state index in [9.17, 15) is 4.79 Å². The summed E-state index contributed by atoms with van der Waals surface area (Å²) in [6, 6.07) is 5.38. The van der Waals surface area contributed by atoms with Crippen LogP contribution in [-0.2, 0) is 6.54 Å². The second-order valence-corrected chi connectivity index (χ2v) is 5.96. The molecule has 0 atom stereocenters. The molecule has 0 saturated carbocycles. The van der Waals surface area contributed by atoms with Crippen LogP contribution in [0.2, 0.25) is 0 Å². The quantitative estimate of drug-likeness (QED) is 0.727. The number of rotatable bonds is 3. The standard InChI is InChI=1S/C14H13BrN4O2/c1-8(2)13-17-12(18-21-13)6-19-7-16-11-5-9(15)3-4-10(11)14(19)20/h3-5,7-8H,6H2,1-2H3. The lowest BCUT2D eigenvalue weighted by Crippen LogP contribution is -2.21. The summed E-state index contributed by atoms with van der Waals surface area (Å²) in [5, 5.41) is 4.45. The number of nitrogens with zero attached hydrogens (tertiary/aromatic N) is 4. The van der Waals surface area contributed by atoms with Gasteiger partial charge in [0, 0.05) is 10.4 Å². The minimum Gasteiger partial charge on any atom is -0.339 e. The zero-order valence-corrected chi connectivity index (χ0v) is 13.2. The molecule has 0 radical (unpaired) electrons. The van der Waals surface area contributed by atoms with E-state index in [-0.39, 0.29) is 18.0 Å². The first kappa shape index (κ1) is 13.9. The topological polar surface area (TPSA) is 73.8 Å². The van der Waals surface area contributed by atoms with Crippen molar-refractivity contribution < 1.29 is 4.52 Å². The smallest absolute Gasteiger partial charge is 0.261 e. The molecule has 0 aliphatic carbocycles. The molecule has 2 aromatic heterocycles. The molecule has 0 aliphatic heterocycles. The molecular weight excluding hydrogens is 336 g/mol. The average Bonchev–Trinajstić information content (AvgIpc) is 2.91. The van der Waals surface area contributed by atoms with Crippen molar-refractivity contribution in [1.29, 1.82) is 0 Å². The first-order chi connectivity index (χ1) is 10.0. The van der Waals surface area contributed by atoms with Gasteiger partial charge >= 0.3 is 0 Å². The fraction of sp³-hybridized carbons (Fsp3) is 0.286. The average molecular weight is 349 g/mol. The molecule has 0 spiro atoms. The molecule has 108 valence electrons. The van der Waals surface area contributed by atoms with Crippen LogP contribution in [0, 0.1) is 0 Å². The van der Waals surface area contributed by atoms with E-state index in [2.05, 4.69) is 31.1 Å². The third-order valence-corrected chi connectivity index (χ3v) is 3.57. The molecule has 0 amide bonds. The molecule has 21 heavy (non-hydrogen) atoms. The Kier molecular flexibility index (Phi) is 3.59. The van der Waals surface area contributed by atoms with Gasteiger partial charge in [-0.15, -0.1) is 0 Å².